The molecule has 20 heavy (non-hydrogen) atoms. The standard InChI is InChI=1S/C11H16N4O4S/c1-11(18)8-9(12-3-14-11)15(4-13-8)10-7(20)6(17)5(2-16)19-10/h3,5-7,10,16-18,20H,2,4H2,1H3/t5-,6-,7-,10-,11?/m1/s1. The lowest BCUT2D eigenvalue weighted by atomic mass is 10.1. The number of aliphatic hydroxyl groups excluding tert-OH is 2. The van der Waals surface area contributed by atoms with Crippen molar-refractivity contribution in [3.63, 3.8) is 0 Å². The van der Waals surface area contributed by atoms with Crippen molar-refractivity contribution in [1.82, 2.24) is 4.90 Å². The summed E-state index contributed by atoms with van der Waals surface area (Å²) in [5, 5.41) is 28.7. The first-order valence-electron chi connectivity index (χ1n) is 6.24. The number of hydrogen-bond acceptors (Lipinski definition) is 9. The summed E-state index contributed by atoms with van der Waals surface area (Å²) in [6, 6.07) is 0. The van der Waals surface area contributed by atoms with Crippen molar-refractivity contribution in [2.45, 2.75) is 36.3 Å². The largest absolute Gasteiger partial charge is 0.394 e. The average molecular weight is 300 g/mol. The van der Waals surface area contributed by atoms with Crippen LogP contribution in [0.4, 0.5) is 0 Å². The predicted molar refractivity (Wildman–Crippen MR) is 75.2 cm³/mol. The monoisotopic (exact) mass is 300 g/mol. The second-order valence-electron chi connectivity index (χ2n) is 5.06. The quantitative estimate of drug-likeness (QED) is 0.451. The molecule has 3 aliphatic heterocycles. The van der Waals surface area contributed by atoms with E-state index in [0.29, 0.717) is 11.5 Å². The van der Waals surface area contributed by atoms with Crippen LogP contribution >= 0.6 is 12.6 Å². The molecule has 9 heteroatoms. The summed E-state index contributed by atoms with van der Waals surface area (Å²) in [6.07, 6.45) is -0.872. The summed E-state index contributed by atoms with van der Waals surface area (Å²) in [6.45, 7) is 1.47. The van der Waals surface area contributed by atoms with Crippen molar-refractivity contribution in [3.05, 3.63) is 0 Å². The molecule has 3 N–H and O–H groups in total. The van der Waals surface area contributed by atoms with Gasteiger partial charge < -0.3 is 25.0 Å². The van der Waals surface area contributed by atoms with E-state index in [1.54, 1.807) is 4.90 Å². The van der Waals surface area contributed by atoms with Gasteiger partial charge in [0.25, 0.3) is 0 Å². The lowest BCUT2D eigenvalue weighted by Gasteiger charge is -2.30. The number of nitrogens with zero attached hydrogens (tertiary/aromatic N) is 4. The molecule has 0 saturated carbocycles. The van der Waals surface area contributed by atoms with Gasteiger partial charge in [-0.3, -0.25) is 4.99 Å². The van der Waals surface area contributed by atoms with Gasteiger partial charge in [0, 0.05) is 0 Å². The van der Waals surface area contributed by atoms with Gasteiger partial charge in [-0.1, -0.05) is 0 Å². The lowest BCUT2D eigenvalue weighted by Crippen LogP contribution is -2.49. The second kappa shape index (κ2) is 4.78. The van der Waals surface area contributed by atoms with Gasteiger partial charge in [0.05, 0.1) is 18.0 Å². The zero-order valence-electron chi connectivity index (χ0n) is 10.8. The molecule has 1 saturated heterocycles. The van der Waals surface area contributed by atoms with Crippen LogP contribution in [0.15, 0.2) is 15.0 Å². The highest BCUT2D eigenvalue weighted by atomic mass is 32.1. The average Bonchev–Trinajstić information content (AvgIpc) is 2.94. The van der Waals surface area contributed by atoms with E-state index < -0.39 is 29.4 Å². The highest BCUT2D eigenvalue weighted by Gasteiger charge is 2.49. The van der Waals surface area contributed by atoms with Gasteiger partial charge in [-0.2, -0.15) is 12.6 Å². The Morgan fingerprint density at radius 1 is 1.60 bits per heavy atom. The van der Waals surface area contributed by atoms with Crippen molar-refractivity contribution in [1.29, 1.82) is 0 Å². The zero-order chi connectivity index (χ0) is 14.5. The highest BCUT2D eigenvalue weighted by molar-refractivity contribution is 7.81. The normalized spacial score (nSPS) is 43.5. The summed E-state index contributed by atoms with van der Waals surface area (Å²) in [5.41, 5.74) is -1.04. The number of fused-ring (bicyclic) bond motifs is 1. The molecule has 0 radical (unpaired) electrons. The van der Waals surface area contributed by atoms with E-state index in [4.69, 9.17) is 4.74 Å². The topological polar surface area (TPSA) is 110 Å². The van der Waals surface area contributed by atoms with Crippen LogP contribution in [0.1, 0.15) is 6.92 Å². The van der Waals surface area contributed by atoms with Crippen LogP contribution in [-0.2, 0) is 4.74 Å². The first-order valence-corrected chi connectivity index (χ1v) is 6.75. The number of aliphatic hydroxyl groups is 3. The SMILES string of the molecule is CC1(O)N=CN=C2C1=NCN2[C@@H]1O[C@H](CO)[C@@H](O)[C@H]1S. The maximum Gasteiger partial charge on any atom is 0.201 e. The van der Waals surface area contributed by atoms with Crippen LogP contribution < -0.4 is 0 Å². The molecule has 1 unspecified atom stereocenters. The third-order valence-corrected chi connectivity index (χ3v) is 4.19. The Bertz CT molecular complexity index is 507. The lowest BCUT2D eigenvalue weighted by molar-refractivity contribution is -0.0556. The van der Waals surface area contributed by atoms with Gasteiger partial charge in [0.15, 0.2) is 5.84 Å². The van der Waals surface area contributed by atoms with Crippen molar-refractivity contribution in [2.75, 3.05) is 13.3 Å². The molecular formula is C11H16N4O4S. The van der Waals surface area contributed by atoms with E-state index in [1.807, 2.05) is 0 Å². The molecule has 3 rings (SSSR count). The molecule has 0 amide bonds. The Morgan fingerprint density at radius 2 is 2.35 bits per heavy atom. The maximum atomic E-state index is 10.1. The summed E-state index contributed by atoms with van der Waals surface area (Å²) < 4.78 is 5.61. The fraction of sp³-hybridized carbons (Fsp3) is 0.727. The van der Waals surface area contributed by atoms with Crippen LogP contribution in [0.2, 0.25) is 0 Å². The first kappa shape index (κ1) is 14.0. The zero-order valence-corrected chi connectivity index (χ0v) is 11.7. The number of ether oxygens (including phenoxy) is 1. The van der Waals surface area contributed by atoms with Gasteiger partial charge >= 0.3 is 0 Å². The van der Waals surface area contributed by atoms with E-state index in [-0.39, 0.29) is 13.3 Å². The molecule has 0 spiro atoms. The molecule has 3 heterocycles. The molecule has 0 aliphatic carbocycles. The van der Waals surface area contributed by atoms with Crippen molar-refractivity contribution in [3.8, 4) is 0 Å². The smallest absolute Gasteiger partial charge is 0.201 e. The fourth-order valence-electron chi connectivity index (χ4n) is 2.51. The van der Waals surface area contributed by atoms with E-state index in [1.165, 1.54) is 13.3 Å². The van der Waals surface area contributed by atoms with Crippen LogP contribution in [0, 0.1) is 0 Å². The molecule has 8 nitrogen and oxygen atoms in total. The van der Waals surface area contributed by atoms with E-state index in [2.05, 4.69) is 27.6 Å². The maximum absolute atomic E-state index is 10.1. The minimum atomic E-state index is -1.41. The summed E-state index contributed by atoms with van der Waals surface area (Å²) in [5.74, 6) is 0.458. The third-order valence-electron chi connectivity index (χ3n) is 3.63. The van der Waals surface area contributed by atoms with Gasteiger partial charge in [0.1, 0.15) is 31.1 Å². The number of amidine groups is 1. The van der Waals surface area contributed by atoms with Crippen molar-refractivity contribution >= 4 is 30.5 Å². The van der Waals surface area contributed by atoms with Crippen LogP contribution in [0.5, 0.6) is 0 Å². The minimum absolute atomic E-state index is 0.236. The van der Waals surface area contributed by atoms with Crippen LogP contribution in [0.3, 0.4) is 0 Å². The predicted octanol–water partition coefficient (Wildman–Crippen LogP) is -1.77. The van der Waals surface area contributed by atoms with Gasteiger partial charge in [-0.05, 0) is 6.92 Å². The number of rotatable bonds is 2. The molecule has 110 valence electrons. The molecule has 0 aromatic rings. The second-order valence-corrected chi connectivity index (χ2v) is 5.66. The van der Waals surface area contributed by atoms with Gasteiger partial charge in [-0.25, -0.2) is 9.98 Å². The molecule has 0 aromatic carbocycles. The summed E-state index contributed by atoms with van der Waals surface area (Å²) in [7, 11) is 0. The Kier molecular flexibility index (Phi) is 3.33. The Balaban J connectivity index is 1.85. The number of hydrogen-bond donors (Lipinski definition) is 4. The number of thiol groups is 1. The van der Waals surface area contributed by atoms with Crippen LogP contribution in [-0.4, -0.2) is 80.8 Å². The van der Waals surface area contributed by atoms with Gasteiger partial charge in [0.2, 0.25) is 5.72 Å². The minimum Gasteiger partial charge on any atom is -0.394 e. The summed E-state index contributed by atoms with van der Waals surface area (Å²) >= 11 is 4.34. The van der Waals surface area contributed by atoms with E-state index in [0.717, 1.165) is 0 Å². The Labute approximate surface area is 120 Å². The fourth-order valence-corrected chi connectivity index (χ4v) is 2.94. The molecule has 5 atom stereocenters. The Hall–Kier alpha value is -1.00. The van der Waals surface area contributed by atoms with Crippen molar-refractivity contribution < 1.29 is 20.1 Å². The Morgan fingerprint density at radius 3 is 3.00 bits per heavy atom. The molecular weight excluding hydrogens is 284 g/mol. The molecule has 1 fully saturated rings. The first-order chi connectivity index (χ1) is 9.45. The molecule has 0 bridgehead atoms. The third kappa shape index (κ3) is 1.97. The van der Waals surface area contributed by atoms with E-state index in [9.17, 15) is 15.3 Å². The molecule has 0 aromatic heterocycles. The van der Waals surface area contributed by atoms with E-state index >= 15 is 0 Å². The highest BCUT2D eigenvalue weighted by Crippen LogP contribution is 2.31. The van der Waals surface area contributed by atoms with Crippen LogP contribution in [0.25, 0.3) is 0 Å². The number of aliphatic imine (C=N–C) groups is 3. The van der Waals surface area contributed by atoms with Gasteiger partial charge in [-0.15, -0.1) is 0 Å². The van der Waals surface area contributed by atoms with Crippen molar-refractivity contribution in [2.24, 2.45) is 15.0 Å². The summed E-state index contributed by atoms with van der Waals surface area (Å²) in [4.78, 5) is 13.9. The molecule has 3 aliphatic rings.